The Morgan fingerprint density at radius 3 is 2.27 bits per heavy atom. The number of aliphatic hydroxyl groups is 1. The zero-order valence-electron chi connectivity index (χ0n) is 20.4. The van der Waals surface area contributed by atoms with E-state index in [0.717, 1.165) is 55.9 Å². The molecule has 186 valence electrons. The van der Waals surface area contributed by atoms with Gasteiger partial charge in [0.15, 0.2) is 0 Å². The van der Waals surface area contributed by atoms with E-state index in [1.54, 1.807) is 7.11 Å². The van der Waals surface area contributed by atoms with Crippen LogP contribution in [-0.4, -0.2) is 64.1 Å². The van der Waals surface area contributed by atoms with Crippen LogP contribution in [-0.2, 0) is 32.0 Å². The molecule has 0 amide bonds. The molecule has 3 rings (SSSR count). The number of ether oxygens (including phenoxy) is 3. The molecule has 0 spiro atoms. The molecule has 2 saturated carbocycles. The lowest BCUT2D eigenvalue weighted by Crippen LogP contribution is -2.30. The molecule has 2 fully saturated rings. The third-order valence-electron chi connectivity index (χ3n) is 7.06. The zero-order chi connectivity index (χ0) is 23.3. The molecule has 0 aliphatic heterocycles. The number of methoxy groups -OCH3 is 1. The standard InChI is InChI=1S/C27H43NO5/c1-31-13-14-33-16-15-32-12-11-28(10-4-9-27(30)25-7-3-8-25)26-19-23(17-22-5-2-6-22)18-24(20-26)21-29/h18-20,22,25,29H,2-17,21H2,1H3. The molecule has 1 aromatic rings. The number of rotatable bonds is 18. The molecule has 0 bridgehead atoms. The van der Waals surface area contributed by atoms with E-state index in [0.29, 0.717) is 51.2 Å². The average molecular weight is 462 g/mol. The van der Waals surface area contributed by atoms with Gasteiger partial charge in [-0.3, -0.25) is 4.79 Å². The fourth-order valence-electron chi connectivity index (χ4n) is 4.55. The maximum Gasteiger partial charge on any atom is 0.136 e. The molecule has 2 aliphatic rings. The summed E-state index contributed by atoms with van der Waals surface area (Å²) in [6.45, 7) is 4.53. The van der Waals surface area contributed by atoms with Crippen LogP contribution in [0.1, 0.15) is 62.5 Å². The quantitative estimate of drug-likeness (QED) is 0.331. The van der Waals surface area contributed by atoms with Gasteiger partial charge in [-0.2, -0.15) is 0 Å². The molecule has 6 nitrogen and oxygen atoms in total. The van der Waals surface area contributed by atoms with E-state index < -0.39 is 0 Å². The smallest absolute Gasteiger partial charge is 0.136 e. The summed E-state index contributed by atoms with van der Waals surface area (Å²) in [4.78, 5) is 14.7. The van der Waals surface area contributed by atoms with Crippen molar-refractivity contribution in [1.82, 2.24) is 0 Å². The van der Waals surface area contributed by atoms with E-state index in [2.05, 4.69) is 23.1 Å². The van der Waals surface area contributed by atoms with Gasteiger partial charge in [-0.05, 0) is 54.9 Å². The number of ketones is 1. The topological polar surface area (TPSA) is 68.2 Å². The Morgan fingerprint density at radius 1 is 0.939 bits per heavy atom. The molecule has 2 aliphatic carbocycles. The summed E-state index contributed by atoms with van der Waals surface area (Å²) < 4.78 is 16.3. The summed E-state index contributed by atoms with van der Waals surface area (Å²) in [7, 11) is 1.66. The molecule has 1 aromatic carbocycles. The molecule has 0 atom stereocenters. The maximum absolute atomic E-state index is 12.4. The van der Waals surface area contributed by atoms with Gasteiger partial charge in [0, 0.05) is 38.2 Å². The van der Waals surface area contributed by atoms with E-state index in [1.807, 2.05) is 0 Å². The van der Waals surface area contributed by atoms with Gasteiger partial charge in [-0.15, -0.1) is 0 Å². The van der Waals surface area contributed by atoms with E-state index in [1.165, 1.54) is 31.2 Å². The Hall–Kier alpha value is -1.47. The van der Waals surface area contributed by atoms with E-state index in [9.17, 15) is 9.90 Å². The van der Waals surface area contributed by atoms with Crippen molar-refractivity contribution in [1.29, 1.82) is 0 Å². The van der Waals surface area contributed by atoms with Gasteiger partial charge in [0.25, 0.3) is 0 Å². The lowest BCUT2D eigenvalue weighted by Gasteiger charge is -2.29. The highest BCUT2D eigenvalue weighted by atomic mass is 16.5. The van der Waals surface area contributed by atoms with Crippen molar-refractivity contribution in [2.24, 2.45) is 11.8 Å². The fraction of sp³-hybridized carbons (Fsp3) is 0.741. The highest BCUT2D eigenvalue weighted by Gasteiger charge is 2.24. The largest absolute Gasteiger partial charge is 0.392 e. The Labute approximate surface area is 199 Å². The van der Waals surface area contributed by atoms with Gasteiger partial charge in [0.2, 0.25) is 0 Å². The van der Waals surface area contributed by atoms with Crippen LogP contribution >= 0.6 is 0 Å². The number of carbonyl (C=O) groups is 1. The Kier molecular flexibility index (Phi) is 11.7. The second-order valence-electron chi connectivity index (χ2n) is 9.57. The number of carbonyl (C=O) groups excluding carboxylic acids is 1. The predicted molar refractivity (Wildman–Crippen MR) is 131 cm³/mol. The van der Waals surface area contributed by atoms with Gasteiger partial charge in [0.05, 0.1) is 39.6 Å². The summed E-state index contributed by atoms with van der Waals surface area (Å²) in [5.41, 5.74) is 3.40. The first-order valence-corrected chi connectivity index (χ1v) is 12.9. The second kappa shape index (κ2) is 14.7. The van der Waals surface area contributed by atoms with Crippen molar-refractivity contribution in [3.05, 3.63) is 29.3 Å². The number of hydrogen-bond donors (Lipinski definition) is 1. The minimum atomic E-state index is 0.0504. The Bertz CT molecular complexity index is 702. The molecule has 0 unspecified atom stereocenters. The van der Waals surface area contributed by atoms with Gasteiger partial charge in [0.1, 0.15) is 5.78 Å². The molecule has 0 saturated heterocycles. The lowest BCUT2D eigenvalue weighted by atomic mass is 9.80. The molecule has 0 radical (unpaired) electrons. The normalized spacial score (nSPS) is 16.4. The van der Waals surface area contributed by atoms with Crippen LogP contribution in [0.25, 0.3) is 0 Å². The van der Waals surface area contributed by atoms with Crippen LogP contribution in [0.3, 0.4) is 0 Å². The number of Topliss-reactive ketones (excluding diaryl/α,β-unsaturated/α-hetero) is 1. The van der Waals surface area contributed by atoms with E-state index in [-0.39, 0.29) is 6.61 Å². The Balaban J connectivity index is 1.54. The van der Waals surface area contributed by atoms with Crippen molar-refractivity contribution in [3.8, 4) is 0 Å². The van der Waals surface area contributed by atoms with Crippen molar-refractivity contribution >= 4 is 11.5 Å². The maximum atomic E-state index is 12.4. The van der Waals surface area contributed by atoms with Gasteiger partial charge in [-0.1, -0.05) is 31.7 Å². The number of benzene rings is 1. The molecule has 1 N–H and O–H groups in total. The van der Waals surface area contributed by atoms with Crippen molar-refractivity contribution in [2.45, 2.75) is 64.4 Å². The molecule has 6 heteroatoms. The number of nitrogens with zero attached hydrogens (tertiary/aromatic N) is 1. The zero-order valence-corrected chi connectivity index (χ0v) is 20.4. The number of hydrogen-bond acceptors (Lipinski definition) is 6. The minimum Gasteiger partial charge on any atom is -0.392 e. The summed E-state index contributed by atoms with van der Waals surface area (Å²) in [5.74, 6) is 1.52. The van der Waals surface area contributed by atoms with Crippen LogP contribution < -0.4 is 4.90 Å². The van der Waals surface area contributed by atoms with Crippen LogP contribution in [0.15, 0.2) is 18.2 Å². The minimum absolute atomic E-state index is 0.0504. The highest BCUT2D eigenvalue weighted by molar-refractivity contribution is 5.81. The first-order valence-electron chi connectivity index (χ1n) is 12.9. The average Bonchev–Trinajstić information content (AvgIpc) is 2.75. The predicted octanol–water partition coefficient (Wildman–Crippen LogP) is 4.16. The third kappa shape index (κ3) is 9.01. The molecular formula is C27H43NO5. The molecule has 33 heavy (non-hydrogen) atoms. The molecular weight excluding hydrogens is 418 g/mol. The summed E-state index contributed by atoms with van der Waals surface area (Å²) in [5, 5.41) is 9.84. The SMILES string of the molecule is COCCOCCOCCN(CCCC(=O)C1CCC1)c1cc(CO)cc(CC2CCC2)c1. The van der Waals surface area contributed by atoms with Gasteiger partial charge >= 0.3 is 0 Å². The number of anilines is 1. The van der Waals surface area contributed by atoms with Crippen LogP contribution in [0, 0.1) is 11.8 Å². The Morgan fingerprint density at radius 2 is 1.64 bits per heavy atom. The van der Waals surface area contributed by atoms with E-state index in [4.69, 9.17) is 14.2 Å². The van der Waals surface area contributed by atoms with Gasteiger partial charge < -0.3 is 24.2 Å². The van der Waals surface area contributed by atoms with Crippen molar-refractivity contribution in [2.75, 3.05) is 58.1 Å². The summed E-state index contributed by atoms with van der Waals surface area (Å²) >= 11 is 0. The van der Waals surface area contributed by atoms with E-state index >= 15 is 0 Å². The van der Waals surface area contributed by atoms with Crippen LogP contribution in [0.5, 0.6) is 0 Å². The highest BCUT2D eigenvalue weighted by Crippen LogP contribution is 2.32. The molecule has 0 aromatic heterocycles. The summed E-state index contributed by atoms with van der Waals surface area (Å²) in [6, 6.07) is 6.51. The first kappa shape index (κ1) is 26.1. The molecule has 0 heterocycles. The second-order valence-corrected chi connectivity index (χ2v) is 9.57. The van der Waals surface area contributed by atoms with Gasteiger partial charge in [-0.25, -0.2) is 0 Å². The summed E-state index contributed by atoms with van der Waals surface area (Å²) in [6.07, 6.45) is 9.92. The van der Waals surface area contributed by atoms with Crippen LogP contribution in [0.2, 0.25) is 0 Å². The first-order chi connectivity index (χ1) is 16.2. The third-order valence-corrected chi connectivity index (χ3v) is 7.06. The lowest BCUT2D eigenvalue weighted by molar-refractivity contribution is -0.125. The van der Waals surface area contributed by atoms with Crippen LogP contribution in [0.4, 0.5) is 5.69 Å². The van der Waals surface area contributed by atoms with Crippen molar-refractivity contribution in [3.63, 3.8) is 0 Å². The van der Waals surface area contributed by atoms with Crippen molar-refractivity contribution < 1.29 is 24.1 Å². The monoisotopic (exact) mass is 461 g/mol. The number of aliphatic hydroxyl groups excluding tert-OH is 1. The fourth-order valence-corrected chi connectivity index (χ4v) is 4.55.